The maximum absolute atomic E-state index is 9.75. The average Bonchev–Trinajstić information content (AvgIpc) is 2.52. The Morgan fingerprint density at radius 1 is 0.955 bits per heavy atom. The highest BCUT2D eigenvalue weighted by Gasteiger charge is 2.37. The summed E-state index contributed by atoms with van der Waals surface area (Å²) in [6, 6.07) is 0. The number of allylic oxidation sites excluding steroid dienone is 1. The van der Waals surface area contributed by atoms with Crippen molar-refractivity contribution in [1.82, 2.24) is 0 Å². The SMILES string of the molecule is C=CCCCCCCCCCOC[C@H]1OC[C@H](O)[C@@H](O)[C@@H]1O. The Bertz CT molecular complexity index is 284. The molecule has 0 aromatic heterocycles. The maximum atomic E-state index is 9.75. The first-order valence-electron chi connectivity index (χ1n) is 8.51. The zero-order valence-electron chi connectivity index (χ0n) is 13.5. The molecule has 130 valence electrons. The van der Waals surface area contributed by atoms with Crippen LogP contribution < -0.4 is 0 Å². The fraction of sp³-hybridized carbons (Fsp3) is 0.882. The highest BCUT2D eigenvalue weighted by atomic mass is 16.6. The number of ether oxygens (including phenoxy) is 2. The normalized spacial score (nSPS) is 28.7. The van der Waals surface area contributed by atoms with E-state index in [1.165, 1.54) is 32.1 Å². The van der Waals surface area contributed by atoms with Crippen LogP contribution in [0.5, 0.6) is 0 Å². The number of hydrogen-bond donors (Lipinski definition) is 3. The van der Waals surface area contributed by atoms with Crippen molar-refractivity contribution in [3.05, 3.63) is 12.7 Å². The van der Waals surface area contributed by atoms with E-state index in [2.05, 4.69) is 6.58 Å². The minimum atomic E-state index is -1.15. The van der Waals surface area contributed by atoms with Gasteiger partial charge in [0.05, 0.1) is 13.2 Å². The Labute approximate surface area is 133 Å². The smallest absolute Gasteiger partial charge is 0.111 e. The van der Waals surface area contributed by atoms with Gasteiger partial charge in [0.25, 0.3) is 0 Å². The van der Waals surface area contributed by atoms with Gasteiger partial charge in [-0.25, -0.2) is 0 Å². The third kappa shape index (κ3) is 7.70. The molecule has 0 unspecified atom stereocenters. The summed E-state index contributed by atoms with van der Waals surface area (Å²) in [5, 5.41) is 28.6. The zero-order valence-corrected chi connectivity index (χ0v) is 13.5. The van der Waals surface area contributed by atoms with Gasteiger partial charge in [-0.1, -0.05) is 38.2 Å². The Morgan fingerprint density at radius 2 is 1.59 bits per heavy atom. The number of rotatable bonds is 12. The minimum Gasteiger partial charge on any atom is -0.388 e. The van der Waals surface area contributed by atoms with Crippen LogP contribution in [-0.2, 0) is 9.47 Å². The highest BCUT2D eigenvalue weighted by Crippen LogP contribution is 2.16. The van der Waals surface area contributed by atoms with Crippen molar-refractivity contribution in [1.29, 1.82) is 0 Å². The predicted molar refractivity (Wildman–Crippen MR) is 85.7 cm³/mol. The predicted octanol–water partition coefficient (Wildman–Crippen LogP) is 1.79. The zero-order chi connectivity index (χ0) is 16.2. The van der Waals surface area contributed by atoms with E-state index in [9.17, 15) is 15.3 Å². The van der Waals surface area contributed by atoms with E-state index in [4.69, 9.17) is 9.47 Å². The van der Waals surface area contributed by atoms with Crippen LogP contribution in [0.15, 0.2) is 12.7 Å². The first kappa shape index (κ1) is 19.6. The van der Waals surface area contributed by atoms with Crippen LogP contribution in [0, 0.1) is 0 Å². The van der Waals surface area contributed by atoms with Gasteiger partial charge in [-0.05, 0) is 19.3 Å². The largest absolute Gasteiger partial charge is 0.388 e. The van der Waals surface area contributed by atoms with Gasteiger partial charge >= 0.3 is 0 Å². The summed E-state index contributed by atoms with van der Waals surface area (Å²) in [4.78, 5) is 0. The van der Waals surface area contributed by atoms with E-state index in [0.717, 1.165) is 19.3 Å². The third-order valence-electron chi connectivity index (χ3n) is 4.09. The van der Waals surface area contributed by atoms with E-state index in [0.29, 0.717) is 6.61 Å². The molecule has 0 aromatic carbocycles. The van der Waals surface area contributed by atoms with Crippen molar-refractivity contribution in [2.45, 2.75) is 75.8 Å². The molecule has 5 heteroatoms. The topological polar surface area (TPSA) is 79.2 Å². The van der Waals surface area contributed by atoms with Crippen LogP contribution in [0.4, 0.5) is 0 Å². The van der Waals surface area contributed by atoms with Gasteiger partial charge in [0.15, 0.2) is 0 Å². The average molecular weight is 316 g/mol. The second kappa shape index (κ2) is 12.0. The van der Waals surface area contributed by atoms with Gasteiger partial charge in [0, 0.05) is 6.61 Å². The summed E-state index contributed by atoms with van der Waals surface area (Å²) in [5.41, 5.74) is 0. The van der Waals surface area contributed by atoms with Crippen LogP contribution >= 0.6 is 0 Å². The summed E-state index contributed by atoms with van der Waals surface area (Å²) < 4.78 is 10.8. The quantitative estimate of drug-likeness (QED) is 0.378. The molecular formula is C17H32O5. The first-order chi connectivity index (χ1) is 10.7. The molecule has 4 atom stereocenters. The molecule has 1 heterocycles. The molecular weight excluding hydrogens is 284 g/mol. The molecule has 0 aliphatic carbocycles. The van der Waals surface area contributed by atoms with Crippen molar-refractivity contribution in [3.63, 3.8) is 0 Å². The van der Waals surface area contributed by atoms with Gasteiger partial charge in [0.2, 0.25) is 0 Å². The molecule has 1 saturated heterocycles. The molecule has 0 bridgehead atoms. The Hall–Kier alpha value is -0.460. The van der Waals surface area contributed by atoms with Gasteiger partial charge in [-0.2, -0.15) is 0 Å². The molecule has 1 rings (SSSR count). The van der Waals surface area contributed by atoms with E-state index < -0.39 is 24.4 Å². The molecule has 0 aromatic rings. The Morgan fingerprint density at radius 3 is 2.27 bits per heavy atom. The maximum Gasteiger partial charge on any atom is 0.111 e. The molecule has 22 heavy (non-hydrogen) atoms. The lowest BCUT2D eigenvalue weighted by atomic mass is 10.0. The number of hydrogen-bond acceptors (Lipinski definition) is 5. The van der Waals surface area contributed by atoms with Crippen molar-refractivity contribution in [2.24, 2.45) is 0 Å². The van der Waals surface area contributed by atoms with E-state index >= 15 is 0 Å². The highest BCUT2D eigenvalue weighted by molar-refractivity contribution is 4.86. The molecule has 0 radical (unpaired) electrons. The van der Waals surface area contributed by atoms with Crippen LogP contribution in [0.3, 0.4) is 0 Å². The monoisotopic (exact) mass is 316 g/mol. The minimum absolute atomic E-state index is 0.0398. The van der Waals surface area contributed by atoms with Gasteiger partial charge in [0.1, 0.15) is 24.4 Å². The molecule has 1 aliphatic rings. The number of unbranched alkanes of at least 4 members (excludes halogenated alkanes) is 7. The molecule has 1 fully saturated rings. The fourth-order valence-electron chi connectivity index (χ4n) is 2.59. The summed E-state index contributed by atoms with van der Waals surface area (Å²) in [7, 11) is 0. The van der Waals surface area contributed by atoms with Crippen molar-refractivity contribution in [2.75, 3.05) is 19.8 Å². The van der Waals surface area contributed by atoms with E-state index in [1.807, 2.05) is 6.08 Å². The Kier molecular flexibility index (Phi) is 10.7. The standard InChI is InChI=1S/C17H32O5/c1-2-3-4-5-6-7-8-9-10-11-21-13-15-17(20)16(19)14(18)12-22-15/h2,14-20H,1,3-13H2/t14-,15+,16+,17+/m0/s1. The van der Waals surface area contributed by atoms with Crippen LogP contribution in [-0.4, -0.2) is 59.6 Å². The van der Waals surface area contributed by atoms with Crippen molar-refractivity contribution in [3.8, 4) is 0 Å². The van der Waals surface area contributed by atoms with Crippen LogP contribution in [0.1, 0.15) is 51.4 Å². The number of aliphatic hydroxyl groups is 3. The van der Waals surface area contributed by atoms with Crippen molar-refractivity contribution >= 4 is 0 Å². The molecule has 1 aliphatic heterocycles. The molecule has 0 saturated carbocycles. The van der Waals surface area contributed by atoms with Crippen LogP contribution in [0.2, 0.25) is 0 Å². The molecule has 3 N–H and O–H groups in total. The van der Waals surface area contributed by atoms with Crippen molar-refractivity contribution < 1.29 is 24.8 Å². The van der Waals surface area contributed by atoms with Gasteiger partial charge in [-0.3, -0.25) is 0 Å². The first-order valence-corrected chi connectivity index (χ1v) is 8.51. The summed E-state index contributed by atoms with van der Waals surface area (Å²) in [6.45, 7) is 4.65. The van der Waals surface area contributed by atoms with E-state index in [1.54, 1.807) is 0 Å². The van der Waals surface area contributed by atoms with Gasteiger partial charge in [-0.15, -0.1) is 6.58 Å². The molecule has 0 spiro atoms. The summed E-state index contributed by atoms with van der Waals surface area (Å²) >= 11 is 0. The molecule has 0 amide bonds. The lowest BCUT2D eigenvalue weighted by Gasteiger charge is -2.35. The third-order valence-corrected chi connectivity index (χ3v) is 4.09. The second-order valence-corrected chi connectivity index (χ2v) is 6.05. The second-order valence-electron chi connectivity index (χ2n) is 6.05. The van der Waals surface area contributed by atoms with Gasteiger partial charge < -0.3 is 24.8 Å². The fourth-order valence-corrected chi connectivity index (χ4v) is 2.59. The summed E-state index contributed by atoms with van der Waals surface area (Å²) in [6.07, 6.45) is 7.76. The summed E-state index contributed by atoms with van der Waals surface area (Å²) in [5.74, 6) is 0. The number of aliphatic hydroxyl groups excluding tert-OH is 3. The molecule has 5 nitrogen and oxygen atoms in total. The Balaban J connectivity index is 1.90. The lowest BCUT2D eigenvalue weighted by Crippen LogP contribution is -2.54. The van der Waals surface area contributed by atoms with Crippen LogP contribution in [0.25, 0.3) is 0 Å². The van der Waals surface area contributed by atoms with E-state index in [-0.39, 0.29) is 13.2 Å². The lowest BCUT2D eigenvalue weighted by molar-refractivity contribution is -0.199.